The van der Waals surface area contributed by atoms with Crippen LogP contribution in [0.2, 0.25) is 0 Å². The molecule has 2 aromatic heterocycles. The molecule has 1 amide bonds. The number of carbonyl (C=O) groups is 1. The van der Waals surface area contributed by atoms with Gasteiger partial charge in [-0.2, -0.15) is 5.10 Å². The normalized spacial score (nSPS) is 11.7. The first-order valence-corrected chi connectivity index (χ1v) is 7.76. The Morgan fingerprint density at radius 1 is 1.29 bits per heavy atom. The lowest BCUT2D eigenvalue weighted by Crippen LogP contribution is -2.31. The van der Waals surface area contributed by atoms with Crippen LogP contribution in [0.3, 0.4) is 0 Å². The van der Waals surface area contributed by atoms with Crippen LogP contribution < -0.4 is 4.72 Å². The van der Waals surface area contributed by atoms with E-state index in [1.807, 2.05) is 4.72 Å². The fourth-order valence-electron chi connectivity index (χ4n) is 2.23. The molecule has 0 fully saturated rings. The molecule has 0 saturated heterocycles. The molecule has 114 valence electrons. The van der Waals surface area contributed by atoms with E-state index in [4.69, 9.17) is 4.42 Å². The smallest absolute Gasteiger partial charge is 0.300 e. The summed E-state index contributed by atoms with van der Waals surface area (Å²) in [6.07, 6.45) is 0. The standard InChI is InChI=1S/C13H17N3O4S/c1-7-6-8(2)20-11(7)13(17)15-21(18,19)12-9(3)14-16(5)10(12)4/h6H,1-5H3,(H,15,17). The molecule has 7 nitrogen and oxygen atoms in total. The molecule has 0 bridgehead atoms. The Hall–Kier alpha value is -2.09. The van der Waals surface area contributed by atoms with Crippen molar-refractivity contribution < 1.29 is 17.6 Å². The summed E-state index contributed by atoms with van der Waals surface area (Å²) in [5.41, 5.74) is 1.38. The minimum atomic E-state index is -4.00. The topological polar surface area (TPSA) is 94.2 Å². The van der Waals surface area contributed by atoms with Crippen LogP contribution in [0, 0.1) is 27.7 Å². The van der Waals surface area contributed by atoms with Crippen LogP contribution in [0.1, 0.15) is 33.3 Å². The van der Waals surface area contributed by atoms with E-state index in [2.05, 4.69) is 5.10 Å². The van der Waals surface area contributed by atoms with Gasteiger partial charge in [0.1, 0.15) is 10.7 Å². The number of aryl methyl sites for hydroxylation is 4. The Bertz CT molecular complexity index is 815. The van der Waals surface area contributed by atoms with E-state index in [9.17, 15) is 13.2 Å². The van der Waals surface area contributed by atoms with Crippen molar-refractivity contribution in [2.45, 2.75) is 32.6 Å². The van der Waals surface area contributed by atoms with Crippen molar-refractivity contribution in [2.24, 2.45) is 7.05 Å². The first-order valence-electron chi connectivity index (χ1n) is 6.28. The van der Waals surface area contributed by atoms with E-state index in [1.54, 1.807) is 40.8 Å². The SMILES string of the molecule is Cc1cc(C)c(C(=O)NS(=O)(=O)c2c(C)nn(C)c2C)o1. The molecule has 0 aliphatic carbocycles. The minimum absolute atomic E-state index is 0.00438. The first-order chi connectivity index (χ1) is 9.63. The molecule has 0 unspecified atom stereocenters. The Morgan fingerprint density at radius 3 is 2.33 bits per heavy atom. The summed E-state index contributed by atoms with van der Waals surface area (Å²) in [4.78, 5) is 12.1. The van der Waals surface area contributed by atoms with Crippen LogP contribution in [-0.4, -0.2) is 24.1 Å². The molecule has 1 N–H and O–H groups in total. The van der Waals surface area contributed by atoms with E-state index >= 15 is 0 Å². The lowest BCUT2D eigenvalue weighted by molar-refractivity contribution is 0.0952. The number of furan rings is 1. The lowest BCUT2D eigenvalue weighted by atomic mass is 10.2. The molecule has 0 aliphatic heterocycles. The van der Waals surface area contributed by atoms with Gasteiger partial charge in [0.25, 0.3) is 10.0 Å². The van der Waals surface area contributed by atoms with Crippen molar-refractivity contribution in [3.05, 3.63) is 34.5 Å². The molecule has 0 aliphatic rings. The number of aromatic nitrogens is 2. The van der Waals surface area contributed by atoms with Crippen molar-refractivity contribution >= 4 is 15.9 Å². The maximum Gasteiger partial charge on any atom is 0.300 e. The van der Waals surface area contributed by atoms with Crippen molar-refractivity contribution in [1.82, 2.24) is 14.5 Å². The van der Waals surface area contributed by atoms with Gasteiger partial charge in [-0.1, -0.05) is 0 Å². The van der Waals surface area contributed by atoms with Gasteiger partial charge in [-0.3, -0.25) is 9.48 Å². The number of rotatable bonds is 3. The third-order valence-corrected chi connectivity index (χ3v) is 4.77. The van der Waals surface area contributed by atoms with Gasteiger partial charge in [-0.05, 0) is 33.8 Å². The third kappa shape index (κ3) is 2.71. The highest BCUT2D eigenvalue weighted by atomic mass is 32.2. The fourth-order valence-corrected chi connectivity index (χ4v) is 3.62. The Balaban J connectivity index is 2.38. The maximum atomic E-state index is 12.4. The number of hydrogen-bond donors (Lipinski definition) is 1. The zero-order chi connectivity index (χ0) is 15.9. The monoisotopic (exact) mass is 311 g/mol. The molecule has 2 aromatic rings. The molecule has 21 heavy (non-hydrogen) atoms. The molecular weight excluding hydrogens is 294 g/mol. The molecule has 0 saturated carbocycles. The van der Waals surface area contributed by atoms with E-state index in [1.165, 1.54) is 4.68 Å². The molecular formula is C13H17N3O4S. The lowest BCUT2D eigenvalue weighted by Gasteiger charge is -2.06. The number of sulfonamides is 1. The molecule has 2 heterocycles. The van der Waals surface area contributed by atoms with Gasteiger partial charge in [0.2, 0.25) is 0 Å². The van der Waals surface area contributed by atoms with Crippen molar-refractivity contribution in [2.75, 3.05) is 0 Å². The number of amides is 1. The number of carbonyl (C=O) groups excluding carboxylic acids is 1. The van der Waals surface area contributed by atoms with Gasteiger partial charge >= 0.3 is 5.91 Å². The predicted octanol–water partition coefficient (Wildman–Crippen LogP) is 1.37. The predicted molar refractivity (Wildman–Crippen MR) is 75.5 cm³/mol. The summed E-state index contributed by atoms with van der Waals surface area (Å²) in [6, 6.07) is 1.67. The van der Waals surface area contributed by atoms with Gasteiger partial charge in [0, 0.05) is 12.6 Å². The van der Waals surface area contributed by atoms with Gasteiger partial charge in [-0.15, -0.1) is 0 Å². The zero-order valence-corrected chi connectivity index (χ0v) is 13.3. The second-order valence-corrected chi connectivity index (χ2v) is 6.55. The van der Waals surface area contributed by atoms with Crippen molar-refractivity contribution in [3.8, 4) is 0 Å². The van der Waals surface area contributed by atoms with Crippen LogP contribution in [0.15, 0.2) is 15.4 Å². The van der Waals surface area contributed by atoms with Crippen LogP contribution >= 0.6 is 0 Å². The third-order valence-electron chi connectivity index (χ3n) is 3.19. The summed E-state index contributed by atoms with van der Waals surface area (Å²) in [6.45, 7) is 6.57. The van der Waals surface area contributed by atoms with Crippen LogP contribution in [0.25, 0.3) is 0 Å². The molecule has 0 atom stereocenters. The highest BCUT2D eigenvalue weighted by molar-refractivity contribution is 7.90. The number of hydrogen-bond acceptors (Lipinski definition) is 5. The molecule has 0 radical (unpaired) electrons. The van der Waals surface area contributed by atoms with Gasteiger partial charge in [0.15, 0.2) is 5.76 Å². The summed E-state index contributed by atoms with van der Waals surface area (Å²) >= 11 is 0. The first kappa shape index (κ1) is 15.3. The second-order valence-electron chi connectivity index (χ2n) is 4.93. The Kier molecular flexibility index (Phi) is 3.66. The molecule has 0 spiro atoms. The Labute approximate surface area is 123 Å². The van der Waals surface area contributed by atoms with Gasteiger partial charge in [-0.25, -0.2) is 13.1 Å². The average Bonchev–Trinajstić information content (AvgIpc) is 2.79. The number of nitrogens with zero attached hydrogens (tertiary/aromatic N) is 2. The van der Waals surface area contributed by atoms with E-state index < -0.39 is 15.9 Å². The second kappa shape index (κ2) is 5.03. The molecule has 8 heteroatoms. The highest BCUT2D eigenvalue weighted by Crippen LogP contribution is 2.20. The minimum Gasteiger partial charge on any atom is -0.456 e. The van der Waals surface area contributed by atoms with Crippen molar-refractivity contribution in [1.29, 1.82) is 0 Å². The van der Waals surface area contributed by atoms with Crippen LogP contribution in [0.4, 0.5) is 0 Å². The van der Waals surface area contributed by atoms with Gasteiger partial charge < -0.3 is 4.42 Å². The van der Waals surface area contributed by atoms with Gasteiger partial charge in [0.05, 0.1) is 11.4 Å². The average molecular weight is 311 g/mol. The van der Waals surface area contributed by atoms with Crippen molar-refractivity contribution in [3.63, 3.8) is 0 Å². The number of nitrogens with one attached hydrogen (secondary N) is 1. The highest BCUT2D eigenvalue weighted by Gasteiger charge is 2.27. The maximum absolute atomic E-state index is 12.4. The zero-order valence-electron chi connectivity index (χ0n) is 12.5. The van der Waals surface area contributed by atoms with Crippen LogP contribution in [0.5, 0.6) is 0 Å². The van der Waals surface area contributed by atoms with E-state index in [0.717, 1.165) is 0 Å². The fraction of sp³-hybridized carbons (Fsp3) is 0.385. The molecule has 0 aromatic carbocycles. The summed E-state index contributed by atoms with van der Waals surface area (Å²) < 4.78 is 33.4. The quantitative estimate of drug-likeness (QED) is 0.923. The Morgan fingerprint density at radius 2 is 1.90 bits per heavy atom. The summed E-state index contributed by atoms with van der Waals surface area (Å²) in [5.74, 6) is -0.248. The summed E-state index contributed by atoms with van der Waals surface area (Å²) in [5, 5.41) is 4.04. The van der Waals surface area contributed by atoms with E-state index in [-0.39, 0.29) is 10.7 Å². The van der Waals surface area contributed by atoms with Crippen LogP contribution in [-0.2, 0) is 17.1 Å². The van der Waals surface area contributed by atoms with E-state index in [0.29, 0.717) is 22.7 Å². The molecule has 2 rings (SSSR count). The summed E-state index contributed by atoms with van der Waals surface area (Å²) in [7, 11) is -2.36. The largest absolute Gasteiger partial charge is 0.456 e.